The number of nitrogens with one attached hydrogen (secondary N) is 1. The van der Waals surface area contributed by atoms with Gasteiger partial charge in [0.2, 0.25) is 0 Å². The molecule has 0 unspecified atom stereocenters. The molecular weight excluding hydrogens is 376 g/mol. The van der Waals surface area contributed by atoms with Crippen molar-refractivity contribution in [2.75, 3.05) is 21.3 Å². The van der Waals surface area contributed by atoms with E-state index in [2.05, 4.69) is 10.5 Å². The number of hydrogen-bond donors (Lipinski definition) is 1. The summed E-state index contributed by atoms with van der Waals surface area (Å²) in [6.45, 7) is 1.55. The second-order valence-corrected chi connectivity index (χ2v) is 6.03. The van der Waals surface area contributed by atoms with Gasteiger partial charge in [-0.05, 0) is 36.8 Å². The number of nitrogens with zero attached hydrogens (tertiary/aromatic N) is 3. The molecule has 0 spiro atoms. The molecule has 9 nitrogen and oxygen atoms in total. The lowest BCUT2D eigenvalue weighted by molar-refractivity contribution is -0.121. The molecule has 29 heavy (non-hydrogen) atoms. The third-order valence-electron chi connectivity index (χ3n) is 4.11. The van der Waals surface area contributed by atoms with Crippen LogP contribution in [0.2, 0.25) is 0 Å². The molecule has 0 aliphatic rings. The number of carbonyl (C=O) groups excluding carboxylic acids is 1. The summed E-state index contributed by atoms with van der Waals surface area (Å²) in [6, 6.07) is 8.71. The molecule has 0 atom stereocenters. The summed E-state index contributed by atoms with van der Waals surface area (Å²) in [6.07, 6.45) is 1.44. The Bertz CT molecular complexity index is 1020. The first-order valence-electron chi connectivity index (χ1n) is 8.61. The van der Waals surface area contributed by atoms with E-state index in [0.29, 0.717) is 28.3 Å². The number of methoxy groups -OCH3 is 3. The molecule has 0 radical (unpaired) electrons. The zero-order chi connectivity index (χ0) is 21.4. The van der Waals surface area contributed by atoms with Gasteiger partial charge in [-0.1, -0.05) is 0 Å². The predicted octanol–water partition coefficient (Wildman–Crippen LogP) is 1.34. The Morgan fingerprint density at radius 2 is 1.97 bits per heavy atom. The number of aryl methyl sites for hydroxylation is 1. The lowest BCUT2D eigenvalue weighted by Gasteiger charge is -2.12. The van der Waals surface area contributed by atoms with E-state index in [1.807, 2.05) is 6.07 Å². The number of ether oxygens (including phenoxy) is 3. The number of hydrazone groups is 1. The van der Waals surface area contributed by atoms with Gasteiger partial charge in [-0.25, -0.2) is 5.43 Å². The molecular formula is C20H22N4O5. The minimum absolute atomic E-state index is 0.0425. The number of carbonyl (C=O) groups is 1. The standard InChI is InChI=1S/C20H22N4O5/c1-13-7-15(12-27-2)16(9-21)20(26)24(13)11-19(25)23-22-10-14-5-6-17(28-3)18(8-14)29-4/h5-8,10H,11-12H2,1-4H3,(H,23,25)/b22-10-. The molecule has 1 aromatic heterocycles. The lowest BCUT2D eigenvalue weighted by atomic mass is 10.1. The van der Waals surface area contributed by atoms with E-state index in [1.165, 1.54) is 32.1 Å². The normalized spacial score (nSPS) is 10.6. The van der Waals surface area contributed by atoms with Gasteiger partial charge in [0.05, 0.1) is 27.0 Å². The van der Waals surface area contributed by atoms with Crippen molar-refractivity contribution >= 4 is 12.1 Å². The second kappa shape index (κ2) is 10.1. The summed E-state index contributed by atoms with van der Waals surface area (Å²) >= 11 is 0. The van der Waals surface area contributed by atoms with Crippen molar-refractivity contribution in [3.63, 3.8) is 0 Å². The van der Waals surface area contributed by atoms with Gasteiger partial charge in [0.25, 0.3) is 11.5 Å². The van der Waals surface area contributed by atoms with Crippen molar-refractivity contribution in [2.24, 2.45) is 5.10 Å². The Hall–Kier alpha value is -3.64. The molecule has 2 aromatic rings. The molecule has 2 rings (SSSR count). The fraction of sp³-hybridized carbons (Fsp3) is 0.300. The van der Waals surface area contributed by atoms with E-state index in [1.54, 1.807) is 31.2 Å². The van der Waals surface area contributed by atoms with Crippen LogP contribution in [0.1, 0.15) is 22.4 Å². The van der Waals surface area contributed by atoms with Crippen LogP contribution < -0.4 is 20.5 Å². The summed E-state index contributed by atoms with van der Waals surface area (Å²) in [4.78, 5) is 24.7. The molecule has 1 N–H and O–H groups in total. The summed E-state index contributed by atoms with van der Waals surface area (Å²) in [5, 5.41) is 13.2. The lowest BCUT2D eigenvalue weighted by Crippen LogP contribution is -2.33. The highest BCUT2D eigenvalue weighted by molar-refractivity contribution is 5.83. The zero-order valence-electron chi connectivity index (χ0n) is 16.7. The van der Waals surface area contributed by atoms with Gasteiger partial charge in [-0.2, -0.15) is 10.4 Å². The van der Waals surface area contributed by atoms with E-state index >= 15 is 0 Å². The first-order valence-corrected chi connectivity index (χ1v) is 8.61. The molecule has 0 aliphatic heterocycles. The smallest absolute Gasteiger partial charge is 0.269 e. The van der Waals surface area contributed by atoms with Crippen molar-refractivity contribution in [3.8, 4) is 17.6 Å². The molecule has 1 amide bonds. The van der Waals surface area contributed by atoms with E-state index < -0.39 is 11.5 Å². The number of rotatable bonds is 8. The number of pyridine rings is 1. The number of hydrogen-bond acceptors (Lipinski definition) is 7. The van der Waals surface area contributed by atoms with E-state index in [4.69, 9.17) is 14.2 Å². The molecule has 152 valence electrons. The Morgan fingerprint density at radius 1 is 1.24 bits per heavy atom. The topological polar surface area (TPSA) is 115 Å². The van der Waals surface area contributed by atoms with Gasteiger partial charge in [0, 0.05) is 18.4 Å². The minimum atomic E-state index is -0.543. The Morgan fingerprint density at radius 3 is 2.59 bits per heavy atom. The van der Waals surface area contributed by atoms with Crippen molar-refractivity contribution in [1.29, 1.82) is 5.26 Å². The quantitative estimate of drug-likeness (QED) is 0.530. The molecule has 9 heteroatoms. The van der Waals surface area contributed by atoms with Crippen LogP contribution in [0.5, 0.6) is 11.5 Å². The van der Waals surface area contributed by atoms with Gasteiger partial charge in [0.15, 0.2) is 11.5 Å². The fourth-order valence-electron chi connectivity index (χ4n) is 2.71. The van der Waals surface area contributed by atoms with Crippen molar-refractivity contribution < 1.29 is 19.0 Å². The van der Waals surface area contributed by atoms with Crippen molar-refractivity contribution in [3.05, 3.63) is 57.0 Å². The Labute approximate surface area is 168 Å². The van der Waals surface area contributed by atoms with Crippen LogP contribution in [0, 0.1) is 18.3 Å². The van der Waals surface area contributed by atoms with Gasteiger partial charge < -0.3 is 18.8 Å². The summed E-state index contributed by atoms with van der Waals surface area (Å²) in [5.74, 6) is 0.606. The largest absolute Gasteiger partial charge is 0.493 e. The van der Waals surface area contributed by atoms with Crippen LogP contribution in [-0.2, 0) is 22.7 Å². The zero-order valence-corrected chi connectivity index (χ0v) is 16.7. The monoisotopic (exact) mass is 398 g/mol. The number of amides is 1. The molecule has 0 saturated heterocycles. The highest BCUT2D eigenvalue weighted by Crippen LogP contribution is 2.26. The highest BCUT2D eigenvalue weighted by Gasteiger charge is 2.14. The van der Waals surface area contributed by atoms with Gasteiger partial charge in [0.1, 0.15) is 18.2 Å². The average molecular weight is 398 g/mol. The highest BCUT2D eigenvalue weighted by atomic mass is 16.5. The van der Waals surface area contributed by atoms with E-state index in [9.17, 15) is 14.9 Å². The predicted molar refractivity (Wildman–Crippen MR) is 106 cm³/mol. The van der Waals surface area contributed by atoms with Crippen LogP contribution in [0.25, 0.3) is 0 Å². The van der Waals surface area contributed by atoms with Crippen LogP contribution in [-0.4, -0.2) is 38.0 Å². The third-order valence-corrected chi connectivity index (χ3v) is 4.11. The number of nitriles is 1. The van der Waals surface area contributed by atoms with Gasteiger partial charge in [-0.3, -0.25) is 9.59 Å². The van der Waals surface area contributed by atoms with Crippen LogP contribution in [0.4, 0.5) is 0 Å². The fourth-order valence-corrected chi connectivity index (χ4v) is 2.71. The summed E-state index contributed by atoms with van der Waals surface area (Å²) < 4.78 is 16.6. The second-order valence-electron chi connectivity index (χ2n) is 6.03. The van der Waals surface area contributed by atoms with Crippen LogP contribution in [0.15, 0.2) is 34.2 Å². The third kappa shape index (κ3) is 5.21. The first-order chi connectivity index (χ1) is 13.9. The average Bonchev–Trinajstić information content (AvgIpc) is 2.71. The van der Waals surface area contributed by atoms with Crippen LogP contribution >= 0.6 is 0 Å². The first kappa shape index (κ1) is 21.7. The van der Waals surface area contributed by atoms with Crippen LogP contribution in [0.3, 0.4) is 0 Å². The summed E-state index contributed by atoms with van der Waals surface area (Å²) in [7, 11) is 4.54. The SMILES string of the molecule is COCc1cc(C)n(CC(=O)N/N=C\c2ccc(OC)c(OC)c2)c(=O)c1C#N. The number of aromatic nitrogens is 1. The summed E-state index contributed by atoms with van der Waals surface area (Å²) in [5.41, 5.74) is 3.50. The maximum Gasteiger partial charge on any atom is 0.269 e. The molecule has 0 fully saturated rings. The van der Waals surface area contributed by atoms with E-state index in [0.717, 1.165) is 0 Å². The van der Waals surface area contributed by atoms with Crippen molar-refractivity contribution in [2.45, 2.75) is 20.1 Å². The maximum absolute atomic E-state index is 12.5. The maximum atomic E-state index is 12.5. The van der Waals surface area contributed by atoms with Gasteiger partial charge >= 0.3 is 0 Å². The molecule has 1 heterocycles. The number of benzene rings is 1. The van der Waals surface area contributed by atoms with Crippen molar-refractivity contribution in [1.82, 2.24) is 9.99 Å². The van der Waals surface area contributed by atoms with Gasteiger partial charge in [-0.15, -0.1) is 0 Å². The minimum Gasteiger partial charge on any atom is -0.493 e. The Balaban J connectivity index is 2.13. The van der Waals surface area contributed by atoms with E-state index in [-0.39, 0.29) is 18.7 Å². The molecule has 0 saturated carbocycles. The molecule has 0 bridgehead atoms. The molecule has 1 aromatic carbocycles. The molecule has 0 aliphatic carbocycles. The Kier molecular flexibility index (Phi) is 7.51.